The molecule has 110 valence electrons. The molecule has 0 unspecified atom stereocenters. The third-order valence-corrected chi connectivity index (χ3v) is 5.05. The van der Waals surface area contributed by atoms with Crippen LogP contribution in [0.3, 0.4) is 0 Å². The van der Waals surface area contributed by atoms with Crippen LogP contribution in [0.1, 0.15) is 5.56 Å². The van der Waals surface area contributed by atoms with Crippen LogP contribution in [-0.4, -0.2) is 39.7 Å². The van der Waals surface area contributed by atoms with Gasteiger partial charge in [0.1, 0.15) is 5.75 Å². The minimum absolute atomic E-state index is 0.120. The third-order valence-electron chi connectivity index (χ3n) is 3.08. The summed E-state index contributed by atoms with van der Waals surface area (Å²) >= 11 is 3.30. The Morgan fingerprint density at radius 3 is 2.75 bits per heavy atom. The molecule has 0 saturated carbocycles. The zero-order chi connectivity index (χ0) is 14.6. The summed E-state index contributed by atoms with van der Waals surface area (Å²) in [5, 5.41) is 5.77. The molecular formula is C13H17BrN2O3S. The minimum atomic E-state index is -3.44. The number of hydrogen-bond acceptors (Lipinski definition) is 4. The molecule has 1 heterocycles. The summed E-state index contributed by atoms with van der Waals surface area (Å²) < 4.78 is 24.7. The normalized spacial score (nSPS) is 15.7. The Kier molecular flexibility index (Phi) is 5.17. The lowest BCUT2D eigenvalue weighted by Gasteiger charge is -2.27. The molecule has 0 spiro atoms. The quantitative estimate of drug-likeness (QED) is 0.782. The molecule has 0 bridgehead atoms. The van der Waals surface area contributed by atoms with Crippen molar-refractivity contribution in [2.75, 3.05) is 25.4 Å². The number of hydrogen-bond donors (Lipinski definition) is 2. The van der Waals surface area contributed by atoms with Crippen LogP contribution < -0.4 is 10.6 Å². The van der Waals surface area contributed by atoms with Gasteiger partial charge in [-0.2, -0.15) is 0 Å². The topological polar surface area (TPSA) is 75.3 Å². The van der Waals surface area contributed by atoms with Crippen molar-refractivity contribution in [3.8, 4) is 0 Å². The molecule has 7 heteroatoms. The van der Waals surface area contributed by atoms with Gasteiger partial charge in [-0.1, -0.05) is 28.1 Å². The second-order valence-corrected chi connectivity index (χ2v) is 7.97. The SMILES string of the molecule is O=C(CS(=O)(=O)Cc1cccc(Br)c1)NCC1CNC1. The predicted octanol–water partition coefficient (Wildman–Crippen LogP) is 0.700. The van der Waals surface area contributed by atoms with Crippen LogP contribution in [0.25, 0.3) is 0 Å². The molecule has 0 aromatic heterocycles. The maximum absolute atomic E-state index is 12.0. The molecule has 1 aliphatic heterocycles. The molecule has 5 nitrogen and oxygen atoms in total. The first kappa shape index (κ1) is 15.5. The minimum Gasteiger partial charge on any atom is -0.355 e. The van der Waals surface area contributed by atoms with Crippen molar-refractivity contribution >= 4 is 31.7 Å². The summed E-state index contributed by atoms with van der Waals surface area (Å²) in [6.45, 7) is 2.30. The Hall–Kier alpha value is -0.920. The Labute approximate surface area is 127 Å². The fourth-order valence-electron chi connectivity index (χ4n) is 1.93. The van der Waals surface area contributed by atoms with Gasteiger partial charge in [-0.3, -0.25) is 4.79 Å². The zero-order valence-corrected chi connectivity index (χ0v) is 13.3. The summed E-state index contributed by atoms with van der Waals surface area (Å²) in [4.78, 5) is 11.6. The van der Waals surface area contributed by atoms with Gasteiger partial charge in [-0.05, 0) is 17.7 Å². The van der Waals surface area contributed by atoms with Gasteiger partial charge >= 0.3 is 0 Å². The van der Waals surface area contributed by atoms with Gasteiger partial charge in [0.15, 0.2) is 9.84 Å². The third kappa shape index (κ3) is 4.88. The van der Waals surface area contributed by atoms with Gasteiger partial charge < -0.3 is 10.6 Å². The first-order valence-corrected chi connectivity index (χ1v) is 8.98. The highest BCUT2D eigenvalue weighted by molar-refractivity contribution is 9.10. The number of carbonyl (C=O) groups is 1. The molecule has 1 aromatic carbocycles. The first-order chi connectivity index (χ1) is 9.44. The monoisotopic (exact) mass is 360 g/mol. The average molecular weight is 361 g/mol. The number of sulfone groups is 1. The maximum atomic E-state index is 12.0. The van der Waals surface area contributed by atoms with Crippen LogP contribution in [0.15, 0.2) is 28.7 Å². The van der Waals surface area contributed by atoms with E-state index >= 15 is 0 Å². The molecule has 0 aliphatic carbocycles. The molecule has 1 amide bonds. The summed E-state index contributed by atoms with van der Waals surface area (Å²) in [5.41, 5.74) is 0.676. The lowest BCUT2D eigenvalue weighted by molar-refractivity contribution is -0.118. The smallest absolute Gasteiger partial charge is 0.235 e. The Morgan fingerprint density at radius 1 is 1.40 bits per heavy atom. The van der Waals surface area contributed by atoms with Crippen molar-refractivity contribution in [1.82, 2.24) is 10.6 Å². The van der Waals surface area contributed by atoms with E-state index < -0.39 is 21.5 Å². The number of nitrogens with one attached hydrogen (secondary N) is 2. The van der Waals surface area contributed by atoms with Crippen molar-refractivity contribution in [1.29, 1.82) is 0 Å². The Balaban J connectivity index is 1.84. The Morgan fingerprint density at radius 2 is 2.15 bits per heavy atom. The summed E-state index contributed by atoms with van der Waals surface area (Å²) in [6.07, 6.45) is 0. The summed E-state index contributed by atoms with van der Waals surface area (Å²) in [6, 6.07) is 7.09. The lowest BCUT2D eigenvalue weighted by Crippen LogP contribution is -2.48. The van der Waals surface area contributed by atoms with E-state index in [1.807, 2.05) is 6.07 Å². The van der Waals surface area contributed by atoms with Crippen molar-refractivity contribution in [3.63, 3.8) is 0 Å². The van der Waals surface area contributed by atoms with E-state index in [4.69, 9.17) is 0 Å². The van der Waals surface area contributed by atoms with E-state index in [1.165, 1.54) is 0 Å². The molecule has 1 fully saturated rings. The molecule has 2 rings (SSSR count). The number of benzene rings is 1. The zero-order valence-electron chi connectivity index (χ0n) is 10.9. The van der Waals surface area contributed by atoms with Crippen molar-refractivity contribution in [3.05, 3.63) is 34.3 Å². The molecule has 2 N–H and O–H groups in total. The van der Waals surface area contributed by atoms with Gasteiger partial charge in [0, 0.05) is 30.0 Å². The highest BCUT2D eigenvalue weighted by Gasteiger charge is 2.20. The van der Waals surface area contributed by atoms with Crippen LogP contribution in [0.2, 0.25) is 0 Å². The molecule has 1 saturated heterocycles. The van der Waals surface area contributed by atoms with Crippen molar-refractivity contribution in [2.45, 2.75) is 5.75 Å². The van der Waals surface area contributed by atoms with Crippen LogP contribution in [-0.2, 0) is 20.4 Å². The first-order valence-electron chi connectivity index (χ1n) is 6.37. The predicted molar refractivity (Wildman–Crippen MR) is 81.0 cm³/mol. The second kappa shape index (κ2) is 6.69. The lowest BCUT2D eigenvalue weighted by atomic mass is 10.0. The fourth-order valence-corrected chi connectivity index (χ4v) is 3.67. The van der Waals surface area contributed by atoms with E-state index in [2.05, 4.69) is 26.6 Å². The van der Waals surface area contributed by atoms with Crippen LogP contribution >= 0.6 is 15.9 Å². The summed E-state index contributed by atoms with van der Waals surface area (Å²) in [7, 11) is -3.44. The van der Waals surface area contributed by atoms with E-state index in [0.717, 1.165) is 17.6 Å². The molecular weight excluding hydrogens is 344 g/mol. The average Bonchev–Trinajstić information content (AvgIpc) is 2.24. The van der Waals surface area contributed by atoms with E-state index in [9.17, 15) is 13.2 Å². The highest BCUT2D eigenvalue weighted by Crippen LogP contribution is 2.14. The molecule has 1 aromatic rings. The number of rotatable bonds is 6. The van der Waals surface area contributed by atoms with E-state index in [0.29, 0.717) is 18.0 Å². The maximum Gasteiger partial charge on any atom is 0.235 e. The standard InChI is InChI=1S/C13H17BrN2O3S/c14-12-3-1-2-10(4-12)8-20(18,19)9-13(17)16-7-11-5-15-6-11/h1-4,11,15H,5-9H2,(H,16,17). The van der Waals surface area contributed by atoms with Gasteiger partial charge in [0.05, 0.1) is 5.75 Å². The number of halogens is 1. The highest BCUT2D eigenvalue weighted by atomic mass is 79.9. The largest absolute Gasteiger partial charge is 0.355 e. The molecule has 0 radical (unpaired) electrons. The second-order valence-electron chi connectivity index (χ2n) is 4.99. The van der Waals surface area contributed by atoms with Crippen LogP contribution in [0.4, 0.5) is 0 Å². The molecule has 1 aliphatic rings. The number of amides is 1. The fraction of sp³-hybridized carbons (Fsp3) is 0.462. The molecule has 20 heavy (non-hydrogen) atoms. The van der Waals surface area contributed by atoms with E-state index in [1.54, 1.807) is 18.2 Å². The van der Waals surface area contributed by atoms with Gasteiger partial charge in [-0.15, -0.1) is 0 Å². The van der Waals surface area contributed by atoms with Crippen molar-refractivity contribution < 1.29 is 13.2 Å². The van der Waals surface area contributed by atoms with Crippen molar-refractivity contribution in [2.24, 2.45) is 5.92 Å². The van der Waals surface area contributed by atoms with Crippen LogP contribution in [0, 0.1) is 5.92 Å². The number of carbonyl (C=O) groups excluding carboxylic acids is 1. The van der Waals surface area contributed by atoms with E-state index in [-0.39, 0.29) is 5.75 Å². The van der Waals surface area contributed by atoms with Gasteiger partial charge in [-0.25, -0.2) is 8.42 Å². The van der Waals surface area contributed by atoms with Crippen LogP contribution in [0.5, 0.6) is 0 Å². The molecule has 0 atom stereocenters. The van der Waals surface area contributed by atoms with Gasteiger partial charge in [0.2, 0.25) is 5.91 Å². The van der Waals surface area contributed by atoms with Gasteiger partial charge in [0.25, 0.3) is 0 Å². The summed E-state index contributed by atoms with van der Waals surface area (Å²) in [5.74, 6) is -0.580. The Bertz CT molecular complexity index is 585.